The number of amides is 1. The van der Waals surface area contributed by atoms with Crippen LogP contribution in [0.4, 0.5) is 5.82 Å². The van der Waals surface area contributed by atoms with E-state index in [0.29, 0.717) is 35.6 Å². The molecular formula is C32H42N6O2. The van der Waals surface area contributed by atoms with Gasteiger partial charge in [0.15, 0.2) is 11.4 Å². The van der Waals surface area contributed by atoms with Gasteiger partial charge >= 0.3 is 0 Å². The summed E-state index contributed by atoms with van der Waals surface area (Å²) in [6, 6.07) is 10.0. The van der Waals surface area contributed by atoms with Gasteiger partial charge in [0.1, 0.15) is 11.9 Å². The number of hydrogen-bond donors (Lipinski definition) is 1. The molecule has 0 bridgehead atoms. The minimum atomic E-state index is 0.0514. The summed E-state index contributed by atoms with van der Waals surface area (Å²) < 4.78 is 5.26. The largest absolute Gasteiger partial charge is 0.494 e. The molecule has 0 radical (unpaired) electrons. The molecule has 0 unspecified atom stereocenters. The number of methoxy groups -OCH3 is 1. The van der Waals surface area contributed by atoms with Gasteiger partial charge in [0.25, 0.3) is 0 Å². The van der Waals surface area contributed by atoms with Crippen LogP contribution >= 0.6 is 0 Å². The predicted octanol–water partition coefficient (Wildman–Crippen LogP) is 6.02. The van der Waals surface area contributed by atoms with E-state index in [1.165, 1.54) is 6.42 Å². The lowest BCUT2D eigenvalue weighted by Gasteiger charge is -2.34. The Hall–Kier alpha value is -3.73. The molecule has 212 valence electrons. The molecule has 0 aliphatic heterocycles. The SMILES string of the molecule is COc1ccc(C2CCC(CN(C(=O)C3CCCCC3)c3cc(C(C=NC(C)C)=CN)ccn3)CC2)nc1C#N. The van der Waals surface area contributed by atoms with Crippen molar-refractivity contribution in [3.05, 3.63) is 53.6 Å². The number of nitrogens with two attached hydrogens (primary N) is 1. The molecule has 8 nitrogen and oxygen atoms in total. The molecule has 2 aliphatic carbocycles. The van der Waals surface area contributed by atoms with Crippen LogP contribution in [0.2, 0.25) is 0 Å². The summed E-state index contributed by atoms with van der Waals surface area (Å²) in [5.74, 6) is 2.11. The number of pyridine rings is 2. The Morgan fingerprint density at radius 2 is 1.93 bits per heavy atom. The number of aliphatic imine (C=N–C) groups is 1. The Labute approximate surface area is 238 Å². The molecule has 0 atom stereocenters. The van der Waals surface area contributed by atoms with Gasteiger partial charge in [-0.05, 0) is 88.1 Å². The van der Waals surface area contributed by atoms with E-state index < -0.39 is 0 Å². The summed E-state index contributed by atoms with van der Waals surface area (Å²) >= 11 is 0. The molecule has 0 aromatic carbocycles. The highest BCUT2D eigenvalue weighted by Gasteiger charge is 2.32. The summed E-state index contributed by atoms with van der Waals surface area (Å²) in [5.41, 5.74) is 8.95. The lowest BCUT2D eigenvalue weighted by molar-refractivity contribution is -0.123. The average Bonchev–Trinajstić information content (AvgIpc) is 3.00. The van der Waals surface area contributed by atoms with Crippen LogP contribution in [0, 0.1) is 23.2 Å². The molecule has 2 aliphatic rings. The summed E-state index contributed by atoms with van der Waals surface area (Å²) in [4.78, 5) is 29.6. The molecule has 2 aromatic rings. The molecule has 2 aromatic heterocycles. The standard InChI is InChI=1S/C32H42N6O2/c1-22(2)36-20-27(18-33)26-15-16-35-31(17-26)38(32(39)25-7-5-4-6-8-25)21-23-9-11-24(12-10-23)28-13-14-30(40-3)29(19-34)37-28/h13-18,20,22-25H,4-12,21,33H2,1-3H3. The second-order valence-corrected chi connectivity index (χ2v) is 11.3. The summed E-state index contributed by atoms with van der Waals surface area (Å²) in [7, 11) is 1.56. The van der Waals surface area contributed by atoms with Gasteiger partial charge in [-0.15, -0.1) is 0 Å². The van der Waals surface area contributed by atoms with Crippen molar-refractivity contribution < 1.29 is 9.53 Å². The molecule has 2 saturated carbocycles. The number of allylic oxidation sites excluding steroid dienone is 1. The fourth-order valence-corrected chi connectivity index (χ4v) is 5.89. The van der Waals surface area contributed by atoms with Crippen LogP contribution in [0.3, 0.4) is 0 Å². The van der Waals surface area contributed by atoms with Gasteiger partial charge < -0.3 is 10.5 Å². The minimum absolute atomic E-state index is 0.0514. The molecule has 2 fully saturated rings. The Balaban J connectivity index is 1.52. The first kappa shape index (κ1) is 29.3. The van der Waals surface area contributed by atoms with Crippen LogP contribution in [-0.4, -0.2) is 41.8 Å². The maximum absolute atomic E-state index is 13.9. The average molecular weight is 543 g/mol. The van der Waals surface area contributed by atoms with Crippen molar-refractivity contribution in [1.29, 1.82) is 5.26 Å². The van der Waals surface area contributed by atoms with Crippen molar-refractivity contribution >= 4 is 23.5 Å². The lowest BCUT2D eigenvalue weighted by atomic mass is 9.79. The minimum Gasteiger partial charge on any atom is -0.494 e. The van der Waals surface area contributed by atoms with E-state index in [2.05, 4.69) is 21.0 Å². The van der Waals surface area contributed by atoms with Crippen molar-refractivity contribution in [2.45, 2.75) is 83.6 Å². The molecular weight excluding hydrogens is 500 g/mol. The normalized spacial score (nSPS) is 20.4. The highest BCUT2D eigenvalue weighted by Crippen LogP contribution is 2.37. The van der Waals surface area contributed by atoms with E-state index in [4.69, 9.17) is 10.5 Å². The summed E-state index contributed by atoms with van der Waals surface area (Å²) in [6.07, 6.45) is 14.3. The zero-order chi connectivity index (χ0) is 28.5. The van der Waals surface area contributed by atoms with Gasteiger partial charge in [-0.1, -0.05) is 19.3 Å². The van der Waals surface area contributed by atoms with Gasteiger partial charge in [0, 0.05) is 54.3 Å². The number of nitriles is 1. The molecule has 0 saturated heterocycles. The maximum atomic E-state index is 13.9. The van der Waals surface area contributed by atoms with Gasteiger partial charge in [-0.3, -0.25) is 14.7 Å². The monoisotopic (exact) mass is 542 g/mol. The first-order chi connectivity index (χ1) is 19.4. The number of anilines is 1. The highest BCUT2D eigenvalue weighted by atomic mass is 16.5. The van der Waals surface area contributed by atoms with Crippen molar-refractivity contribution in [2.75, 3.05) is 18.6 Å². The van der Waals surface area contributed by atoms with Gasteiger partial charge in [-0.25, -0.2) is 9.97 Å². The van der Waals surface area contributed by atoms with Crippen molar-refractivity contribution in [1.82, 2.24) is 9.97 Å². The first-order valence-corrected chi connectivity index (χ1v) is 14.6. The molecule has 40 heavy (non-hydrogen) atoms. The zero-order valence-electron chi connectivity index (χ0n) is 24.1. The number of hydrogen-bond acceptors (Lipinski definition) is 7. The van der Waals surface area contributed by atoms with Crippen LogP contribution < -0.4 is 15.4 Å². The predicted molar refractivity (Wildman–Crippen MR) is 159 cm³/mol. The van der Waals surface area contributed by atoms with Crippen LogP contribution in [0.5, 0.6) is 5.75 Å². The molecule has 2 N–H and O–H groups in total. The molecule has 4 rings (SSSR count). The Morgan fingerprint density at radius 1 is 1.18 bits per heavy atom. The Bertz CT molecular complexity index is 1250. The Morgan fingerprint density at radius 3 is 2.58 bits per heavy atom. The van der Waals surface area contributed by atoms with Crippen LogP contribution in [0.1, 0.15) is 94.5 Å². The van der Waals surface area contributed by atoms with Gasteiger partial charge in [-0.2, -0.15) is 5.26 Å². The number of carbonyl (C=O) groups excluding carboxylic acids is 1. The highest BCUT2D eigenvalue weighted by molar-refractivity contribution is 6.10. The third-order valence-corrected chi connectivity index (χ3v) is 8.18. The molecule has 2 heterocycles. The number of nitrogens with zero attached hydrogens (tertiary/aromatic N) is 5. The third kappa shape index (κ3) is 7.26. The topological polar surface area (TPSA) is 117 Å². The second kappa shape index (κ2) is 14.1. The second-order valence-electron chi connectivity index (χ2n) is 11.3. The third-order valence-electron chi connectivity index (χ3n) is 8.18. The molecule has 8 heteroatoms. The number of ether oxygens (including phenoxy) is 1. The fraction of sp³-hybridized carbons (Fsp3) is 0.531. The van der Waals surface area contributed by atoms with Crippen molar-refractivity contribution in [3.63, 3.8) is 0 Å². The fourth-order valence-electron chi connectivity index (χ4n) is 5.89. The number of rotatable bonds is 9. The van der Waals surface area contributed by atoms with Crippen LogP contribution in [0.25, 0.3) is 5.57 Å². The number of aromatic nitrogens is 2. The number of carbonyl (C=O) groups is 1. The summed E-state index contributed by atoms with van der Waals surface area (Å²) in [5, 5.41) is 9.45. The zero-order valence-corrected chi connectivity index (χ0v) is 24.1. The van der Waals surface area contributed by atoms with Gasteiger partial charge in [0.05, 0.1) is 7.11 Å². The van der Waals surface area contributed by atoms with E-state index in [1.807, 2.05) is 43.0 Å². The Kier molecular flexibility index (Phi) is 10.3. The smallest absolute Gasteiger partial charge is 0.231 e. The van der Waals surface area contributed by atoms with Crippen molar-refractivity contribution in [3.8, 4) is 11.8 Å². The van der Waals surface area contributed by atoms with E-state index in [1.54, 1.807) is 25.7 Å². The van der Waals surface area contributed by atoms with E-state index >= 15 is 0 Å². The van der Waals surface area contributed by atoms with E-state index in [9.17, 15) is 10.1 Å². The van der Waals surface area contributed by atoms with Crippen LogP contribution in [-0.2, 0) is 4.79 Å². The van der Waals surface area contributed by atoms with Crippen LogP contribution in [0.15, 0.2) is 41.7 Å². The molecule has 1 amide bonds. The van der Waals surface area contributed by atoms with E-state index in [-0.39, 0.29) is 17.9 Å². The quantitative estimate of drug-likeness (QED) is 0.387. The lowest BCUT2D eigenvalue weighted by Crippen LogP contribution is -2.41. The van der Waals surface area contributed by atoms with E-state index in [0.717, 1.165) is 68.2 Å². The first-order valence-electron chi connectivity index (χ1n) is 14.6. The van der Waals surface area contributed by atoms with Crippen molar-refractivity contribution in [2.24, 2.45) is 22.6 Å². The molecule has 0 spiro atoms. The summed E-state index contributed by atoms with van der Waals surface area (Å²) in [6.45, 7) is 4.70. The van der Waals surface area contributed by atoms with Gasteiger partial charge in [0.2, 0.25) is 5.91 Å². The maximum Gasteiger partial charge on any atom is 0.231 e.